The maximum atomic E-state index is 7.04. The normalized spacial score (nSPS) is 9.83. The molecular formula is C7H17N3O2. The minimum atomic E-state index is 0.0605. The van der Waals surface area contributed by atoms with Crippen molar-refractivity contribution in [3.63, 3.8) is 0 Å². The number of guanidine groups is 1. The first-order valence-electron chi connectivity index (χ1n) is 3.80. The lowest BCUT2D eigenvalue weighted by Crippen LogP contribution is -2.35. The van der Waals surface area contributed by atoms with Crippen LogP contribution in [0.15, 0.2) is 0 Å². The van der Waals surface area contributed by atoms with Gasteiger partial charge in [0.25, 0.3) is 0 Å². The number of rotatable bonds is 6. The van der Waals surface area contributed by atoms with E-state index in [4.69, 9.17) is 20.6 Å². The summed E-state index contributed by atoms with van der Waals surface area (Å²) >= 11 is 0. The molecule has 5 nitrogen and oxygen atoms in total. The molecule has 0 heterocycles. The highest BCUT2D eigenvalue weighted by atomic mass is 16.5. The van der Waals surface area contributed by atoms with Gasteiger partial charge >= 0.3 is 0 Å². The molecule has 0 atom stereocenters. The van der Waals surface area contributed by atoms with E-state index in [-0.39, 0.29) is 5.96 Å². The van der Waals surface area contributed by atoms with E-state index in [1.807, 2.05) is 0 Å². The molecule has 0 aliphatic rings. The average Bonchev–Trinajstić information content (AvgIpc) is 2.03. The first-order valence-corrected chi connectivity index (χ1v) is 3.80. The van der Waals surface area contributed by atoms with E-state index in [2.05, 4.69) is 0 Å². The third-order valence-electron chi connectivity index (χ3n) is 1.41. The van der Waals surface area contributed by atoms with Crippen LogP contribution in [-0.4, -0.2) is 51.4 Å². The van der Waals surface area contributed by atoms with Gasteiger partial charge < -0.3 is 20.1 Å². The van der Waals surface area contributed by atoms with Crippen molar-refractivity contribution >= 4 is 5.96 Å². The molecule has 0 bridgehead atoms. The number of hydrogen-bond acceptors (Lipinski definition) is 3. The zero-order valence-corrected chi connectivity index (χ0v) is 7.67. The van der Waals surface area contributed by atoms with E-state index in [9.17, 15) is 0 Å². The van der Waals surface area contributed by atoms with Crippen molar-refractivity contribution in [2.24, 2.45) is 5.73 Å². The molecule has 12 heavy (non-hydrogen) atoms. The van der Waals surface area contributed by atoms with Crippen LogP contribution in [0.25, 0.3) is 0 Å². The summed E-state index contributed by atoms with van der Waals surface area (Å²) in [6, 6.07) is 0. The predicted octanol–water partition coefficient (Wildman–Crippen LogP) is -0.525. The second-order valence-corrected chi connectivity index (χ2v) is 2.41. The fourth-order valence-corrected chi connectivity index (χ4v) is 0.566. The minimum Gasteiger partial charge on any atom is -0.382 e. The maximum Gasteiger partial charge on any atom is 0.188 e. The number of hydrogen-bond donors (Lipinski definition) is 2. The van der Waals surface area contributed by atoms with Gasteiger partial charge in [-0.2, -0.15) is 0 Å². The monoisotopic (exact) mass is 175 g/mol. The highest BCUT2D eigenvalue weighted by Crippen LogP contribution is 1.81. The summed E-state index contributed by atoms with van der Waals surface area (Å²) in [4.78, 5) is 1.62. The topological polar surface area (TPSA) is 71.6 Å². The standard InChI is InChI=1S/C7H17N3O2/c1-10(7(8)9)3-4-12-6-5-11-2/h3-6H2,1-2H3,(H3,8,9). The molecule has 0 rings (SSSR count). The van der Waals surface area contributed by atoms with Crippen molar-refractivity contribution in [2.75, 3.05) is 40.5 Å². The van der Waals surface area contributed by atoms with E-state index in [1.54, 1.807) is 19.1 Å². The quantitative estimate of drug-likeness (QED) is 0.323. The fraction of sp³-hybridized carbons (Fsp3) is 0.857. The van der Waals surface area contributed by atoms with Gasteiger partial charge in [-0.1, -0.05) is 0 Å². The Kier molecular flexibility index (Phi) is 6.41. The molecule has 0 saturated heterocycles. The SMILES string of the molecule is COCCOCCN(C)C(=N)N. The van der Waals surface area contributed by atoms with Crippen LogP contribution >= 0.6 is 0 Å². The van der Waals surface area contributed by atoms with Crippen molar-refractivity contribution in [3.8, 4) is 0 Å². The van der Waals surface area contributed by atoms with Gasteiger partial charge in [0.1, 0.15) is 0 Å². The molecule has 0 aromatic carbocycles. The number of nitrogens with one attached hydrogen (secondary N) is 1. The number of likely N-dealkylation sites (N-methyl/N-ethyl adjacent to an activating group) is 1. The lowest BCUT2D eigenvalue weighted by atomic mass is 10.6. The molecule has 0 radical (unpaired) electrons. The fourth-order valence-electron chi connectivity index (χ4n) is 0.566. The molecule has 0 fully saturated rings. The molecule has 0 aliphatic carbocycles. The van der Waals surface area contributed by atoms with Crippen LogP contribution in [-0.2, 0) is 9.47 Å². The summed E-state index contributed by atoms with van der Waals surface area (Å²) in [7, 11) is 3.38. The van der Waals surface area contributed by atoms with Crippen LogP contribution in [0, 0.1) is 5.41 Å². The van der Waals surface area contributed by atoms with Gasteiger partial charge in [0.15, 0.2) is 5.96 Å². The van der Waals surface area contributed by atoms with Crippen molar-refractivity contribution in [2.45, 2.75) is 0 Å². The van der Waals surface area contributed by atoms with Gasteiger partial charge in [-0.3, -0.25) is 5.41 Å². The Bertz CT molecular complexity index is 130. The van der Waals surface area contributed by atoms with Crippen molar-refractivity contribution in [1.29, 1.82) is 5.41 Å². The van der Waals surface area contributed by atoms with Gasteiger partial charge in [0.2, 0.25) is 0 Å². The number of ether oxygens (including phenoxy) is 2. The minimum absolute atomic E-state index is 0.0605. The lowest BCUT2D eigenvalue weighted by molar-refractivity contribution is 0.0664. The number of nitrogens with two attached hydrogens (primary N) is 1. The molecule has 72 valence electrons. The van der Waals surface area contributed by atoms with Crippen molar-refractivity contribution < 1.29 is 9.47 Å². The van der Waals surface area contributed by atoms with E-state index in [0.29, 0.717) is 26.4 Å². The smallest absolute Gasteiger partial charge is 0.188 e. The summed E-state index contributed by atoms with van der Waals surface area (Å²) in [5.74, 6) is 0.0605. The van der Waals surface area contributed by atoms with Gasteiger partial charge in [-0.25, -0.2) is 0 Å². The summed E-state index contributed by atoms with van der Waals surface area (Å²) in [5.41, 5.74) is 5.21. The second-order valence-electron chi connectivity index (χ2n) is 2.41. The maximum absolute atomic E-state index is 7.04. The zero-order chi connectivity index (χ0) is 9.40. The third kappa shape index (κ3) is 5.94. The van der Waals surface area contributed by atoms with E-state index < -0.39 is 0 Å². The number of nitrogens with zero attached hydrogens (tertiary/aromatic N) is 1. The van der Waals surface area contributed by atoms with E-state index >= 15 is 0 Å². The first kappa shape index (κ1) is 11.2. The average molecular weight is 175 g/mol. The van der Waals surface area contributed by atoms with Crippen LogP contribution < -0.4 is 5.73 Å². The Morgan fingerprint density at radius 1 is 1.42 bits per heavy atom. The Hall–Kier alpha value is -0.810. The van der Waals surface area contributed by atoms with Gasteiger partial charge in [0, 0.05) is 20.7 Å². The Balaban J connectivity index is 3.14. The molecule has 0 unspecified atom stereocenters. The van der Waals surface area contributed by atoms with Gasteiger partial charge in [-0.05, 0) is 0 Å². The Morgan fingerprint density at radius 3 is 2.58 bits per heavy atom. The second kappa shape index (κ2) is 6.87. The molecule has 0 aromatic heterocycles. The molecular weight excluding hydrogens is 158 g/mol. The van der Waals surface area contributed by atoms with Crippen LogP contribution in [0.4, 0.5) is 0 Å². The summed E-state index contributed by atoms with van der Waals surface area (Å²) in [5, 5.41) is 7.04. The largest absolute Gasteiger partial charge is 0.382 e. The summed E-state index contributed by atoms with van der Waals surface area (Å²) in [6.45, 7) is 2.39. The van der Waals surface area contributed by atoms with Gasteiger partial charge in [-0.15, -0.1) is 0 Å². The summed E-state index contributed by atoms with van der Waals surface area (Å²) in [6.07, 6.45) is 0. The zero-order valence-electron chi connectivity index (χ0n) is 7.67. The lowest BCUT2D eigenvalue weighted by Gasteiger charge is -2.15. The van der Waals surface area contributed by atoms with E-state index in [0.717, 1.165) is 0 Å². The highest BCUT2D eigenvalue weighted by Gasteiger charge is 1.97. The highest BCUT2D eigenvalue weighted by molar-refractivity contribution is 5.74. The molecule has 0 saturated carbocycles. The van der Waals surface area contributed by atoms with Crippen molar-refractivity contribution in [3.05, 3.63) is 0 Å². The molecule has 0 aliphatic heterocycles. The Morgan fingerprint density at radius 2 is 2.08 bits per heavy atom. The molecule has 3 N–H and O–H groups in total. The molecule has 5 heteroatoms. The molecule has 0 spiro atoms. The van der Waals surface area contributed by atoms with Crippen LogP contribution in [0.2, 0.25) is 0 Å². The van der Waals surface area contributed by atoms with Crippen molar-refractivity contribution in [1.82, 2.24) is 4.90 Å². The number of methoxy groups -OCH3 is 1. The Labute approximate surface area is 72.9 Å². The van der Waals surface area contributed by atoms with Crippen LogP contribution in [0.5, 0.6) is 0 Å². The third-order valence-corrected chi connectivity index (χ3v) is 1.41. The summed E-state index contributed by atoms with van der Waals surface area (Å²) < 4.78 is 9.97. The van der Waals surface area contributed by atoms with E-state index in [1.165, 1.54) is 0 Å². The van der Waals surface area contributed by atoms with Crippen LogP contribution in [0.1, 0.15) is 0 Å². The predicted molar refractivity (Wildman–Crippen MR) is 47.2 cm³/mol. The van der Waals surface area contributed by atoms with Crippen LogP contribution in [0.3, 0.4) is 0 Å². The molecule has 0 aromatic rings. The van der Waals surface area contributed by atoms with Gasteiger partial charge in [0.05, 0.1) is 19.8 Å². The molecule has 0 amide bonds. The first-order chi connectivity index (χ1) is 5.68.